The highest BCUT2D eigenvalue weighted by molar-refractivity contribution is 7.73. The lowest BCUT2D eigenvalue weighted by Gasteiger charge is -2.01. The van der Waals surface area contributed by atoms with Gasteiger partial charge in [0, 0.05) is 18.5 Å². The van der Waals surface area contributed by atoms with Crippen LogP contribution in [0.5, 0.6) is 5.88 Å². The smallest absolute Gasteiger partial charge is 0.207 e. The van der Waals surface area contributed by atoms with E-state index in [-0.39, 0.29) is 5.88 Å². The number of furan rings is 1. The zero-order valence-electron chi connectivity index (χ0n) is 12.2. The molecule has 0 aliphatic carbocycles. The van der Waals surface area contributed by atoms with Crippen molar-refractivity contribution >= 4 is 35.2 Å². The van der Waals surface area contributed by atoms with Crippen LogP contribution in [-0.2, 0) is 13.0 Å². The van der Waals surface area contributed by atoms with Crippen LogP contribution in [0.15, 0.2) is 53.5 Å². The summed E-state index contributed by atoms with van der Waals surface area (Å²) in [5.41, 5.74) is 0.849. The Morgan fingerprint density at radius 1 is 1.30 bits per heavy atom. The average molecular weight is 364 g/mol. The molecule has 3 aromatic rings. The van der Waals surface area contributed by atoms with Crippen molar-refractivity contribution in [2.24, 2.45) is 0 Å². The van der Waals surface area contributed by atoms with Gasteiger partial charge in [-0.05, 0) is 36.5 Å². The van der Waals surface area contributed by atoms with E-state index in [1.165, 1.54) is 11.3 Å². The number of hydrogen-bond donors (Lipinski definition) is 1. The quantitative estimate of drug-likeness (QED) is 0.468. The summed E-state index contributed by atoms with van der Waals surface area (Å²) in [4.78, 5) is 0.775. The van der Waals surface area contributed by atoms with E-state index in [0.717, 1.165) is 16.2 Å². The SMILES string of the molecule is C=CCn1c(O)c(Cc2ccc(-c3ccccc3Cl)o2)sc1=S. The number of hydrogen-bond acceptors (Lipinski definition) is 4. The Morgan fingerprint density at radius 2 is 2.09 bits per heavy atom. The van der Waals surface area contributed by atoms with Crippen molar-refractivity contribution in [2.45, 2.75) is 13.0 Å². The molecule has 0 amide bonds. The van der Waals surface area contributed by atoms with E-state index in [0.29, 0.717) is 27.7 Å². The lowest BCUT2D eigenvalue weighted by Crippen LogP contribution is -1.94. The van der Waals surface area contributed by atoms with Gasteiger partial charge in [0.1, 0.15) is 11.5 Å². The van der Waals surface area contributed by atoms with Crippen molar-refractivity contribution in [3.63, 3.8) is 0 Å². The zero-order valence-corrected chi connectivity index (χ0v) is 14.5. The van der Waals surface area contributed by atoms with Crippen molar-refractivity contribution < 1.29 is 9.52 Å². The highest BCUT2D eigenvalue weighted by atomic mass is 35.5. The molecule has 0 unspecified atom stereocenters. The van der Waals surface area contributed by atoms with Crippen LogP contribution in [0.3, 0.4) is 0 Å². The molecule has 0 spiro atoms. The maximum atomic E-state index is 10.3. The third-order valence-electron chi connectivity index (χ3n) is 3.38. The van der Waals surface area contributed by atoms with Crippen molar-refractivity contribution in [3.8, 4) is 17.2 Å². The lowest BCUT2D eigenvalue weighted by molar-refractivity contribution is 0.418. The standard InChI is InChI=1S/C17H14ClNO2S2/c1-2-9-19-16(20)15(23-17(19)22)10-11-7-8-14(21-11)12-5-3-4-6-13(12)18/h2-8,20H,1,9-10H2. The fourth-order valence-electron chi connectivity index (χ4n) is 2.29. The number of aromatic hydroxyl groups is 1. The summed E-state index contributed by atoms with van der Waals surface area (Å²) in [6, 6.07) is 11.3. The number of aromatic nitrogens is 1. The minimum atomic E-state index is 0.176. The fraction of sp³-hybridized carbons (Fsp3) is 0.118. The molecule has 1 aromatic carbocycles. The predicted octanol–water partition coefficient (Wildman–Crippen LogP) is 5.67. The van der Waals surface area contributed by atoms with Gasteiger partial charge in [-0.15, -0.1) is 17.9 Å². The second-order valence-electron chi connectivity index (χ2n) is 4.94. The minimum Gasteiger partial charge on any atom is -0.494 e. The second kappa shape index (κ2) is 6.74. The first-order valence-electron chi connectivity index (χ1n) is 6.96. The van der Waals surface area contributed by atoms with E-state index in [2.05, 4.69) is 6.58 Å². The van der Waals surface area contributed by atoms with Gasteiger partial charge in [-0.3, -0.25) is 4.57 Å². The van der Waals surface area contributed by atoms with Gasteiger partial charge < -0.3 is 9.52 Å². The Labute approximate surface area is 148 Å². The summed E-state index contributed by atoms with van der Waals surface area (Å²) >= 11 is 12.8. The van der Waals surface area contributed by atoms with Crippen molar-refractivity contribution in [1.29, 1.82) is 0 Å². The Kier molecular flexibility index (Phi) is 4.71. The third kappa shape index (κ3) is 3.27. The topological polar surface area (TPSA) is 38.3 Å². The normalized spacial score (nSPS) is 10.8. The molecule has 23 heavy (non-hydrogen) atoms. The molecule has 6 heteroatoms. The lowest BCUT2D eigenvalue weighted by atomic mass is 10.2. The van der Waals surface area contributed by atoms with E-state index in [9.17, 15) is 5.11 Å². The van der Waals surface area contributed by atoms with Gasteiger partial charge in [0.2, 0.25) is 5.88 Å². The summed E-state index contributed by atoms with van der Waals surface area (Å²) in [7, 11) is 0. The Hall–Kier alpha value is -1.82. The van der Waals surface area contributed by atoms with Crippen LogP contribution in [0, 0.1) is 3.95 Å². The van der Waals surface area contributed by atoms with E-state index >= 15 is 0 Å². The fourth-order valence-corrected chi connectivity index (χ4v) is 3.87. The summed E-state index contributed by atoms with van der Waals surface area (Å²) in [5.74, 6) is 1.63. The van der Waals surface area contributed by atoms with Crippen LogP contribution in [0.2, 0.25) is 5.02 Å². The molecule has 0 bridgehead atoms. The first-order chi connectivity index (χ1) is 11.1. The molecule has 2 aromatic heterocycles. The molecule has 0 aliphatic heterocycles. The highest BCUT2D eigenvalue weighted by Crippen LogP contribution is 2.32. The number of thiazole rings is 1. The van der Waals surface area contributed by atoms with E-state index in [1.807, 2.05) is 36.4 Å². The van der Waals surface area contributed by atoms with Crippen LogP contribution in [0.1, 0.15) is 10.6 Å². The molecule has 118 valence electrons. The average Bonchev–Trinajstić information content (AvgIpc) is 3.09. The van der Waals surface area contributed by atoms with Crippen LogP contribution in [-0.4, -0.2) is 9.67 Å². The van der Waals surface area contributed by atoms with Crippen LogP contribution in [0.4, 0.5) is 0 Å². The van der Waals surface area contributed by atoms with Gasteiger partial charge in [-0.25, -0.2) is 0 Å². The maximum Gasteiger partial charge on any atom is 0.207 e. The second-order valence-corrected chi connectivity index (χ2v) is 7.07. The summed E-state index contributed by atoms with van der Waals surface area (Å²) in [6.45, 7) is 4.16. The first kappa shape index (κ1) is 16.1. The zero-order chi connectivity index (χ0) is 16.4. The third-order valence-corrected chi connectivity index (χ3v) is 5.15. The van der Waals surface area contributed by atoms with Gasteiger partial charge in [-0.2, -0.15) is 0 Å². The molecule has 0 aliphatic rings. The Balaban J connectivity index is 1.88. The molecule has 3 nitrogen and oxygen atoms in total. The number of halogens is 1. The summed E-state index contributed by atoms with van der Waals surface area (Å²) in [6.07, 6.45) is 2.18. The predicted molar refractivity (Wildman–Crippen MR) is 97.0 cm³/mol. The molecule has 1 N–H and O–H groups in total. The van der Waals surface area contributed by atoms with Gasteiger partial charge in [-0.1, -0.05) is 29.8 Å². The number of benzene rings is 1. The molecule has 0 saturated heterocycles. The number of allylic oxidation sites excluding steroid dienone is 1. The molecular formula is C17H14ClNO2S2. The molecule has 2 heterocycles. The van der Waals surface area contributed by atoms with Gasteiger partial charge in [0.25, 0.3) is 0 Å². The summed E-state index contributed by atoms with van der Waals surface area (Å²) < 4.78 is 8.14. The van der Waals surface area contributed by atoms with Gasteiger partial charge >= 0.3 is 0 Å². The van der Waals surface area contributed by atoms with E-state index in [1.54, 1.807) is 10.6 Å². The van der Waals surface area contributed by atoms with Gasteiger partial charge in [0.05, 0.1) is 9.90 Å². The molecule has 0 radical (unpaired) electrons. The number of rotatable bonds is 5. The summed E-state index contributed by atoms with van der Waals surface area (Å²) in [5, 5.41) is 10.9. The molecule has 0 saturated carbocycles. The van der Waals surface area contributed by atoms with Crippen LogP contribution in [0.25, 0.3) is 11.3 Å². The molecular weight excluding hydrogens is 350 g/mol. The van der Waals surface area contributed by atoms with Crippen molar-refractivity contribution in [1.82, 2.24) is 4.57 Å². The van der Waals surface area contributed by atoms with Gasteiger partial charge in [0.15, 0.2) is 3.95 Å². The van der Waals surface area contributed by atoms with Crippen LogP contribution >= 0.6 is 35.2 Å². The van der Waals surface area contributed by atoms with Crippen LogP contribution < -0.4 is 0 Å². The largest absolute Gasteiger partial charge is 0.494 e. The maximum absolute atomic E-state index is 10.3. The molecule has 3 rings (SSSR count). The monoisotopic (exact) mass is 363 g/mol. The van der Waals surface area contributed by atoms with E-state index < -0.39 is 0 Å². The highest BCUT2D eigenvalue weighted by Gasteiger charge is 2.14. The number of nitrogens with zero attached hydrogens (tertiary/aromatic N) is 1. The van der Waals surface area contributed by atoms with E-state index in [4.69, 9.17) is 28.2 Å². The molecule has 0 atom stereocenters. The first-order valence-corrected chi connectivity index (χ1v) is 8.56. The molecule has 0 fully saturated rings. The minimum absolute atomic E-state index is 0.176. The van der Waals surface area contributed by atoms with Crippen molar-refractivity contribution in [2.75, 3.05) is 0 Å². The van der Waals surface area contributed by atoms with Crippen molar-refractivity contribution in [3.05, 3.63) is 68.7 Å². The Morgan fingerprint density at radius 3 is 2.83 bits per heavy atom. The Bertz CT molecular complexity index is 907.